The van der Waals surface area contributed by atoms with Gasteiger partial charge in [0.1, 0.15) is 5.82 Å². The topological polar surface area (TPSA) is 116 Å². The first kappa shape index (κ1) is 37.2. The highest BCUT2D eigenvalue weighted by molar-refractivity contribution is 7.92. The molecule has 0 amide bonds. The van der Waals surface area contributed by atoms with Crippen LogP contribution < -0.4 is 4.31 Å². The second-order valence-electron chi connectivity index (χ2n) is 12.8. The third-order valence-electron chi connectivity index (χ3n) is 7.69. The van der Waals surface area contributed by atoms with Crippen LogP contribution in [0.25, 0.3) is 17.3 Å². The zero-order valence-electron chi connectivity index (χ0n) is 27.7. The van der Waals surface area contributed by atoms with Crippen LogP contribution in [0.5, 0.6) is 0 Å². The van der Waals surface area contributed by atoms with Gasteiger partial charge in [0.2, 0.25) is 16.0 Å². The van der Waals surface area contributed by atoms with Gasteiger partial charge in [0, 0.05) is 24.6 Å². The van der Waals surface area contributed by atoms with Gasteiger partial charge in [-0.15, -0.1) is 0 Å². The van der Waals surface area contributed by atoms with Gasteiger partial charge in [0.05, 0.1) is 36.8 Å². The lowest BCUT2D eigenvalue weighted by Crippen LogP contribution is -2.45. The number of ether oxygens (including phenoxy) is 1. The van der Waals surface area contributed by atoms with Crippen LogP contribution in [-0.2, 0) is 28.8 Å². The van der Waals surface area contributed by atoms with Crippen molar-refractivity contribution in [2.75, 3.05) is 24.2 Å². The second-order valence-corrected chi connectivity index (χ2v) is 19.6. The van der Waals surface area contributed by atoms with E-state index in [-0.39, 0.29) is 35.5 Å². The van der Waals surface area contributed by atoms with E-state index in [4.69, 9.17) is 9.16 Å². The lowest BCUT2D eigenvalue weighted by molar-refractivity contribution is -0.145. The normalized spacial score (nSPS) is 13.4. The molecule has 1 heterocycles. The van der Waals surface area contributed by atoms with E-state index in [2.05, 4.69) is 43.8 Å². The van der Waals surface area contributed by atoms with E-state index in [1.54, 1.807) is 18.2 Å². The number of rotatable bonds is 15. The summed E-state index contributed by atoms with van der Waals surface area (Å²) in [7, 11) is -4.64. The summed E-state index contributed by atoms with van der Waals surface area (Å²) in [6, 6.07) is 5.65. The molecule has 0 saturated heterocycles. The van der Waals surface area contributed by atoms with Crippen LogP contribution >= 0.6 is 0 Å². The van der Waals surface area contributed by atoms with E-state index in [1.165, 1.54) is 25.3 Å². The molecule has 44 heavy (non-hydrogen) atoms. The summed E-state index contributed by atoms with van der Waals surface area (Å²) in [5.74, 6) is -1.32. The number of nitrogens with zero attached hydrogens (tertiary/aromatic N) is 3. The van der Waals surface area contributed by atoms with Gasteiger partial charge in [-0.25, -0.2) is 27.1 Å². The van der Waals surface area contributed by atoms with Crippen LogP contribution in [0.2, 0.25) is 18.1 Å². The average Bonchev–Trinajstić information content (AvgIpc) is 2.90. The molecule has 0 spiro atoms. The van der Waals surface area contributed by atoms with Gasteiger partial charge >= 0.3 is 5.97 Å². The molecule has 2 rings (SSSR count). The van der Waals surface area contributed by atoms with Crippen LogP contribution in [0.15, 0.2) is 30.3 Å². The summed E-state index contributed by atoms with van der Waals surface area (Å²) in [5, 5.41) is -0.134. The van der Waals surface area contributed by atoms with Gasteiger partial charge < -0.3 is 9.16 Å². The van der Waals surface area contributed by atoms with Gasteiger partial charge in [0.25, 0.3) is 0 Å². The Morgan fingerprint density at radius 3 is 2.23 bits per heavy atom. The van der Waals surface area contributed by atoms with Gasteiger partial charge in [0.15, 0.2) is 14.1 Å². The summed E-state index contributed by atoms with van der Waals surface area (Å²) in [6.07, 6.45) is 4.98. The maximum absolute atomic E-state index is 13.8. The SMILES string of the molecule is CCCCOC(=O)C[C@@H](CC(=O)/C=C/c1c(-c2ccc(F)cc2)nc(N(C)S(C)(=O)=O)nc1C(C)C)O[Si](C)(C)C(C)(C)C. The number of anilines is 1. The van der Waals surface area contributed by atoms with Crippen molar-refractivity contribution >= 4 is 42.1 Å². The molecule has 12 heteroatoms. The zero-order chi connectivity index (χ0) is 33.5. The molecule has 1 aromatic heterocycles. The molecule has 0 saturated carbocycles. The second kappa shape index (κ2) is 15.4. The maximum atomic E-state index is 13.8. The first-order chi connectivity index (χ1) is 20.3. The Kier molecular flexibility index (Phi) is 13.0. The number of esters is 1. The van der Waals surface area contributed by atoms with E-state index in [9.17, 15) is 22.4 Å². The molecule has 9 nitrogen and oxygen atoms in total. The number of sulfonamides is 1. The largest absolute Gasteiger partial charge is 0.466 e. The smallest absolute Gasteiger partial charge is 0.308 e. The minimum absolute atomic E-state index is 0.0372. The van der Waals surface area contributed by atoms with Crippen molar-refractivity contribution in [1.82, 2.24) is 9.97 Å². The number of carbonyl (C=O) groups is 2. The third kappa shape index (κ3) is 10.6. The van der Waals surface area contributed by atoms with Gasteiger partial charge in [-0.05, 0) is 66.9 Å². The number of benzene rings is 1. The molecule has 0 aliphatic heterocycles. The van der Waals surface area contributed by atoms with Gasteiger partial charge in [-0.3, -0.25) is 9.59 Å². The number of carbonyl (C=O) groups excluding carboxylic acids is 2. The molecule has 0 bridgehead atoms. The molecule has 0 aliphatic rings. The van der Waals surface area contributed by atoms with Crippen LogP contribution in [0, 0.1) is 5.82 Å². The van der Waals surface area contributed by atoms with Crippen molar-refractivity contribution in [2.24, 2.45) is 0 Å². The number of allylic oxidation sites excluding steroid dienone is 1. The predicted octanol–water partition coefficient (Wildman–Crippen LogP) is 6.90. The minimum Gasteiger partial charge on any atom is -0.466 e. The summed E-state index contributed by atoms with van der Waals surface area (Å²) in [4.78, 5) is 35.1. The summed E-state index contributed by atoms with van der Waals surface area (Å²) >= 11 is 0. The maximum Gasteiger partial charge on any atom is 0.308 e. The quantitative estimate of drug-likeness (QED) is 0.0886. The number of halogens is 1. The summed E-state index contributed by atoms with van der Waals surface area (Å²) in [6.45, 7) is 16.5. The first-order valence-corrected chi connectivity index (χ1v) is 19.7. The molecule has 0 radical (unpaired) electrons. The highest BCUT2D eigenvalue weighted by Crippen LogP contribution is 2.38. The fraction of sp³-hybridized carbons (Fsp3) is 0.562. The van der Waals surface area contributed by atoms with Crippen molar-refractivity contribution in [3.63, 3.8) is 0 Å². The van der Waals surface area contributed by atoms with E-state index in [0.717, 1.165) is 23.4 Å². The molecule has 0 unspecified atom stereocenters. The molecule has 1 atom stereocenters. The molecule has 0 N–H and O–H groups in total. The minimum atomic E-state index is -3.67. The van der Waals surface area contributed by atoms with Crippen molar-refractivity contribution in [3.8, 4) is 11.3 Å². The highest BCUT2D eigenvalue weighted by Gasteiger charge is 2.40. The molecular weight excluding hydrogens is 602 g/mol. The highest BCUT2D eigenvalue weighted by atomic mass is 32.2. The number of ketones is 1. The predicted molar refractivity (Wildman–Crippen MR) is 176 cm³/mol. The van der Waals surface area contributed by atoms with E-state index >= 15 is 0 Å². The van der Waals surface area contributed by atoms with Gasteiger partial charge in [-0.1, -0.05) is 48.0 Å². The fourth-order valence-corrected chi connectivity index (χ4v) is 5.72. The number of hydrogen-bond acceptors (Lipinski definition) is 8. The zero-order valence-corrected chi connectivity index (χ0v) is 29.5. The van der Waals surface area contributed by atoms with Gasteiger partial charge in [-0.2, -0.15) is 0 Å². The van der Waals surface area contributed by atoms with Crippen molar-refractivity contribution in [1.29, 1.82) is 0 Å². The number of aromatic nitrogens is 2. The van der Waals surface area contributed by atoms with Crippen LogP contribution in [0.4, 0.5) is 10.3 Å². The number of hydrogen-bond donors (Lipinski definition) is 0. The van der Waals surface area contributed by atoms with Crippen molar-refractivity contribution in [2.45, 2.75) is 97.4 Å². The van der Waals surface area contributed by atoms with Crippen LogP contribution in [0.1, 0.15) is 84.4 Å². The van der Waals surface area contributed by atoms with Crippen LogP contribution in [0.3, 0.4) is 0 Å². The van der Waals surface area contributed by atoms with Crippen molar-refractivity contribution in [3.05, 3.63) is 47.4 Å². The molecular formula is C32H48FN3O6SSi. The van der Waals surface area contributed by atoms with Crippen LogP contribution in [-0.4, -0.2) is 64.5 Å². The molecule has 2 aromatic rings. The Morgan fingerprint density at radius 2 is 1.70 bits per heavy atom. The summed E-state index contributed by atoms with van der Waals surface area (Å²) in [5.41, 5.74) is 1.90. The van der Waals surface area contributed by atoms with Crippen molar-refractivity contribution < 1.29 is 31.6 Å². The lowest BCUT2D eigenvalue weighted by atomic mass is 9.97. The Bertz CT molecular complexity index is 1440. The Labute approximate surface area is 263 Å². The lowest BCUT2D eigenvalue weighted by Gasteiger charge is -2.39. The first-order valence-electron chi connectivity index (χ1n) is 14.9. The molecule has 0 aliphatic carbocycles. The van der Waals surface area contributed by atoms with E-state index in [1.807, 2.05) is 20.8 Å². The number of unbranched alkanes of at least 4 members (excludes halogenated alkanes) is 1. The standard InChI is InChI=1S/C32H48FN3O6SSi/c1-11-12-19-41-28(38)21-26(42-44(9,10)32(4,5)6)20-25(37)17-18-27-29(22(2)3)34-31(36(7)43(8,39)40)35-30(27)23-13-15-24(33)16-14-23/h13-18,22,26H,11-12,19-21H2,1-10H3/b18-17+/t26-/m1/s1. The monoisotopic (exact) mass is 649 g/mol. The fourth-order valence-electron chi connectivity index (χ4n) is 3.99. The Balaban J connectivity index is 2.54. The molecule has 1 aromatic carbocycles. The van der Waals surface area contributed by atoms with E-state index < -0.39 is 36.2 Å². The molecule has 244 valence electrons. The van der Waals surface area contributed by atoms with E-state index in [0.29, 0.717) is 29.1 Å². The summed E-state index contributed by atoms with van der Waals surface area (Å²) < 4.78 is 51.3. The Morgan fingerprint density at radius 1 is 1.09 bits per heavy atom. The molecule has 0 fully saturated rings. The third-order valence-corrected chi connectivity index (χ3v) is 13.4. The average molecular weight is 650 g/mol. The Hall–Kier alpha value is -2.96.